The van der Waals surface area contributed by atoms with E-state index in [0.717, 1.165) is 11.6 Å². The minimum atomic E-state index is 0.352. The molecule has 2 atom stereocenters. The molecule has 0 heterocycles. The smallest absolute Gasteiger partial charge is 0.0574 e. The van der Waals surface area contributed by atoms with Crippen LogP contribution in [0, 0.1) is 12.3 Å². The van der Waals surface area contributed by atoms with Crippen LogP contribution in [0.2, 0.25) is 5.02 Å². The van der Waals surface area contributed by atoms with E-state index in [1.807, 2.05) is 12.1 Å². The van der Waals surface area contributed by atoms with E-state index in [1.54, 1.807) is 0 Å². The van der Waals surface area contributed by atoms with Crippen molar-refractivity contribution >= 4 is 11.6 Å². The van der Waals surface area contributed by atoms with Gasteiger partial charge in [0.1, 0.15) is 0 Å². The molecule has 2 nitrogen and oxygen atoms in total. The van der Waals surface area contributed by atoms with E-state index in [2.05, 4.69) is 49.2 Å². The van der Waals surface area contributed by atoms with Crippen molar-refractivity contribution in [3.8, 4) is 12.3 Å². The number of nitrogens with zero attached hydrogens (tertiary/aromatic N) is 1. The molecule has 0 aliphatic carbocycles. The maximum Gasteiger partial charge on any atom is 0.0574 e. The summed E-state index contributed by atoms with van der Waals surface area (Å²) in [6, 6.07) is 8.79. The number of nitrogens with one attached hydrogen (secondary N) is 1. The van der Waals surface area contributed by atoms with Gasteiger partial charge in [-0.2, -0.15) is 0 Å². The van der Waals surface area contributed by atoms with Crippen LogP contribution in [0.1, 0.15) is 25.5 Å². The third-order valence-corrected chi connectivity index (χ3v) is 3.58. The van der Waals surface area contributed by atoms with E-state index in [9.17, 15) is 0 Å². The van der Waals surface area contributed by atoms with Gasteiger partial charge in [-0.25, -0.2) is 0 Å². The van der Waals surface area contributed by atoms with Gasteiger partial charge in [-0.05, 0) is 38.6 Å². The van der Waals surface area contributed by atoms with Crippen LogP contribution >= 0.6 is 11.6 Å². The van der Waals surface area contributed by atoms with E-state index in [0.29, 0.717) is 18.6 Å². The number of rotatable bonds is 6. The number of likely N-dealkylation sites (N-methyl/N-ethyl adjacent to an activating group) is 1. The fourth-order valence-corrected chi connectivity index (χ4v) is 1.98. The first-order valence-corrected chi connectivity index (χ1v) is 6.55. The molecule has 0 fully saturated rings. The average Bonchev–Trinajstić information content (AvgIpc) is 2.38. The Kier molecular flexibility index (Phi) is 6.21. The molecule has 0 saturated heterocycles. The molecule has 0 aliphatic rings. The number of terminal acetylenes is 1. The van der Waals surface area contributed by atoms with Crippen molar-refractivity contribution < 1.29 is 0 Å². The largest absolute Gasteiger partial charge is 0.305 e. The number of halogens is 1. The zero-order chi connectivity index (χ0) is 13.5. The van der Waals surface area contributed by atoms with Crippen LogP contribution in [-0.4, -0.2) is 31.1 Å². The molecule has 1 aromatic carbocycles. The van der Waals surface area contributed by atoms with Crippen molar-refractivity contribution in [3.63, 3.8) is 0 Å². The van der Waals surface area contributed by atoms with Crippen molar-refractivity contribution in [3.05, 3.63) is 34.9 Å². The SMILES string of the molecule is C#CCNCC(C)N(C)C(C)c1ccc(Cl)cc1. The minimum Gasteiger partial charge on any atom is -0.305 e. The second-order valence-corrected chi connectivity index (χ2v) is 5.01. The summed E-state index contributed by atoms with van der Waals surface area (Å²) in [6.07, 6.45) is 5.22. The number of hydrogen-bond acceptors (Lipinski definition) is 2. The summed E-state index contributed by atoms with van der Waals surface area (Å²) < 4.78 is 0. The quantitative estimate of drug-likeness (QED) is 0.628. The first-order valence-electron chi connectivity index (χ1n) is 6.17. The Morgan fingerprint density at radius 2 is 1.94 bits per heavy atom. The summed E-state index contributed by atoms with van der Waals surface area (Å²) in [5, 5.41) is 4.01. The Balaban J connectivity index is 2.57. The Morgan fingerprint density at radius 1 is 1.33 bits per heavy atom. The van der Waals surface area contributed by atoms with Crippen molar-refractivity contribution in [2.45, 2.75) is 25.9 Å². The van der Waals surface area contributed by atoms with Gasteiger partial charge in [0.2, 0.25) is 0 Å². The molecular formula is C15H21ClN2. The molecule has 3 heteroatoms. The van der Waals surface area contributed by atoms with Crippen LogP contribution < -0.4 is 5.32 Å². The third kappa shape index (κ3) is 4.34. The summed E-state index contributed by atoms with van der Waals surface area (Å²) in [7, 11) is 2.13. The lowest BCUT2D eigenvalue weighted by molar-refractivity contribution is 0.194. The van der Waals surface area contributed by atoms with Gasteiger partial charge in [0.15, 0.2) is 0 Å². The van der Waals surface area contributed by atoms with Crippen LogP contribution in [-0.2, 0) is 0 Å². The average molecular weight is 265 g/mol. The number of hydrogen-bond donors (Lipinski definition) is 1. The predicted molar refractivity (Wildman–Crippen MR) is 78.8 cm³/mol. The molecule has 0 saturated carbocycles. The molecular weight excluding hydrogens is 244 g/mol. The number of benzene rings is 1. The highest BCUT2D eigenvalue weighted by Crippen LogP contribution is 2.22. The highest BCUT2D eigenvalue weighted by atomic mass is 35.5. The zero-order valence-electron chi connectivity index (χ0n) is 11.3. The van der Waals surface area contributed by atoms with Crippen molar-refractivity contribution in [1.82, 2.24) is 10.2 Å². The van der Waals surface area contributed by atoms with E-state index >= 15 is 0 Å². The van der Waals surface area contributed by atoms with Crippen LogP contribution in [0.25, 0.3) is 0 Å². The van der Waals surface area contributed by atoms with Crippen molar-refractivity contribution in [1.29, 1.82) is 0 Å². The minimum absolute atomic E-state index is 0.352. The third-order valence-electron chi connectivity index (χ3n) is 3.33. The van der Waals surface area contributed by atoms with Gasteiger partial charge in [-0.3, -0.25) is 4.90 Å². The molecule has 0 spiro atoms. The lowest BCUT2D eigenvalue weighted by Gasteiger charge is -2.31. The monoisotopic (exact) mass is 264 g/mol. The molecule has 1 N–H and O–H groups in total. The van der Waals surface area contributed by atoms with Gasteiger partial charge in [0.25, 0.3) is 0 Å². The van der Waals surface area contributed by atoms with Gasteiger partial charge >= 0.3 is 0 Å². The second-order valence-electron chi connectivity index (χ2n) is 4.58. The lowest BCUT2D eigenvalue weighted by atomic mass is 10.1. The molecule has 0 aromatic heterocycles. The maximum absolute atomic E-state index is 5.90. The highest BCUT2D eigenvalue weighted by Gasteiger charge is 2.16. The molecule has 1 aromatic rings. The molecule has 1 rings (SSSR count). The lowest BCUT2D eigenvalue weighted by Crippen LogP contribution is -2.39. The molecule has 0 bridgehead atoms. The van der Waals surface area contributed by atoms with Crippen LogP contribution in [0.5, 0.6) is 0 Å². The molecule has 18 heavy (non-hydrogen) atoms. The highest BCUT2D eigenvalue weighted by molar-refractivity contribution is 6.30. The Morgan fingerprint density at radius 3 is 2.50 bits per heavy atom. The first-order chi connectivity index (χ1) is 8.56. The van der Waals surface area contributed by atoms with Crippen LogP contribution in [0.4, 0.5) is 0 Å². The Bertz CT molecular complexity index is 394. The Hall–Kier alpha value is -1.01. The zero-order valence-corrected chi connectivity index (χ0v) is 12.0. The maximum atomic E-state index is 5.90. The molecule has 0 radical (unpaired) electrons. The van der Waals surface area contributed by atoms with E-state index < -0.39 is 0 Å². The van der Waals surface area contributed by atoms with Crippen molar-refractivity contribution in [2.24, 2.45) is 0 Å². The summed E-state index contributed by atoms with van der Waals surface area (Å²) in [5.74, 6) is 2.58. The van der Waals surface area contributed by atoms with Gasteiger partial charge in [0.05, 0.1) is 6.54 Å². The van der Waals surface area contributed by atoms with Crippen molar-refractivity contribution in [2.75, 3.05) is 20.1 Å². The first kappa shape index (κ1) is 15.0. The standard InChI is InChI=1S/C15H21ClN2/c1-5-10-17-11-12(2)18(4)13(3)14-6-8-15(16)9-7-14/h1,6-9,12-13,17H,10-11H2,2-4H3. The van der Waals surface area contributed by atoms with Gasteiger partial charge in [-0.15, -0.1) is 6.42 Å². The summed E-state index contributed by atoms with van der Waals surface area (Å²) in [5.41, 5.74) is 1.27. The topological polar surface area (TPSA) is 15.3 Å². The van der Waals surface area contributed by atoms with Gasteiger partial charge < -0.3 is 5.32 Å². The van der Waals surface area contributed by atoms with E-state index in [-0.39, 0.29) is 0 Å². The summed E-state index contributed by atoms with van der Waals surface area (Å²) in [6.45, 7) is 5.89. The van der Waals surface area contributed by atoms with E-state index in [4.69, 9.17) is 18.0 Å². The summed E-state index contributed by atoms with van der Waals surface area (Å²) in [4.78, 5) is 2.33. The Labute approximate surface area is 115 Å². The normalized spacial score (nSPS) is 14.2. The molecule has 98 valence electrons. The van der Waals surface area contributed by atoms with Gasteiger partial charge in [0, 0.05) is 23.7 Å². The second kappa shape index (κ2) is 7.43. The fraction of sp³-hybridized carbons (Fsp3) is 0.467. The molecule has 0 aliphatic heterocycles. The van der Waals surface area contributed by atoms with Crippen LogP contribution in [0.15, 0.2) is 24.3 Å². The molecule has 0 amide bonds. The fourth-order valence-electron chi connectivity index (χ4n) is 1.86. The summed E-state index contributed by atoms with van der Waals surface area (Å²) >= 11 is 5.90. The molecule has 2 unspecified atom stereocenters. The predicted octanol–water partition coefficient (Wildman–Crippen LogP) is 2.94. The van der Waals surface area contributed by atoms with Crippen LogP contribution in [0.3, 0.4) is 0 Å². The van der Waals surface area contributed by atoms with Gasteiger partial charge in [-0.1, -0.05) is 29.7 Å². The van der Waals surface area contributed by atoms with E-state index in [1.165, 1.54) is 5.56 Å².